The van der Waals surface area contributed by atoms with Crippen LogP contribution < -0.4 is 10.6 Å². The lowest BCUT2D eigenvalue weighted by molar-refractivity contribution is 0.0946. The molecule has 0 saturated carbocycles. The fourth-order valence-corrected chi connectivity index (χ4v) is 0.732. The molecule has 0 aliphatic heterocycles. The Labute approximate surface area is 83.6 Å². The fourth-order valence-electron chi connectivity index (χ4n) is 0.732. The third-order valence-corrected chi connectivity index (χ3v) is 1.36. The molecule has 0 heterocycles. The molecule has 0 fully saturated rings. The van der Waals surface area contributed by atoms with Crippen LogP contribution in [0.25, 0.3) is 0 Å². The molecule has 0 aromatic rings. The Hall–Kier alpha value is -0.850. The van der Waals surface area contributed by atoms with Crippen LogP contribution in [-0.2, 0) is 9.47 Å². The number of rotatable bonds is 8. The van der Waals surface area contributed by atoms with Gasteiger partial charge in [-0.05, 0) is 0 Å². The normalized spacial score (nSPS) is 9.86. The van der Waals surface area contributed by atoms with Gasteiger partial charge >= 0.3 is 6.03 Å². The van der Waals surface area contributed by atoms with Crippen LogP contribution in [-0.4, -0.2) is 57.8 Å². The monoisotopic (exact) mass is 206 g/mol. The summed E-state index contributed by atoms with van der Waals surface area (Å²) in [5.41, 5.74) is 0. The first-order chi connectivity index (χ1) is 6.81. The summed E-state index contributed by atoms with van der Waals surface area (Å²) in [6.07, 6.45) is 0. The summed E-state index contributed by atoms with van der Waals surface area (Å²) in [7, 11) is 1.57. The largest absolute Gasteiger partial charge is 0.394 e. The first-order valence-corrected chi connectivity index (χ1v) is 4.50. The lowest BCUT2D eigenvalue weighted by Crippen LogP contribution is -2.38. The van der Waals surface area contributed by atoms with Gasteiger partial charge in [0.1, 0.15) is 0 Å². The molecule has 0 aliphatic carbocycles. The van der Waals surface area contributed by atoms with Crippen molar-refractivity contribution in [1.29, 1.82) is 0 Å². The van der Waals surface area contributed by atoms with Crippen LogP contribution in [0.2, 0.25) is 0 Å². The Morgan fingerprint density at radius 3 is 2.43 bits per heavy atom. The number of ether oxygens (including phenoxy) is 2. The van der Waals surface area contributed by atoms with Crippen LogP contribution in [0.3, 0.4) is 0 Å². The lowest BCUT2D eigenvalue weighted by atomic mass is 10.6. The van der Waals surface area contributed by atoms with E-state index in [4.69, 9.17) is 14.6 Å². The highest BCUT2D eigenvalue weighted by Gasteiger charge is 1.97. The molecule has 84 valence electrons. The van der Waals surface area contributed by atoms with Crippen LogP contribution in [0.15, 0.2) is 0 Å². The zero-order valence-electron chi connectivity index (χ0n) is 8.41. The van der Waals surface area contributed by atoms with E-state index >= 15 is 0 Å². The third kappa shape index (κ3) is 9.24. The van der Waals surface area contributed by atoms with Crippen LogP contribution >= 0.6 is 0 Å². The molecule has 0 spiro atoms. The Bertz CT molecular complexity index is 143. The summed E-state index contributed by atoms with van der Waals surface area (Å²) in [5, 5.41) is 13.6. The molecule has 0 atom stereocenters. The highest BCUT2D eigenvalue weighted by molar-refractivity contribution is 5.73. The Morgan fingerprint density at radius 1 is 1.21 bits per heavy atom. The Balaban J connectivity index is 3.10. The Morgan fingerprint density at radius 2 is 1.86 bits per heavy atom. The van der Waals surface area contributed by atoms with Crippen molar-refractivity contribution in [3.8, 4) is 0 Å². The zero-order valence-corrected chi connectivity index (χ0v) is 8.41. The second-order valence-electron chi connectivity index (χ2n) is 2.51. The molecule has 0 bridgehead atoms. The van der Waals surface area contributed by atoms with Crippen molar-refractivity contribution in [3.05, 3.63) is 0 Å². The van der Waals surface area contributed by atoms with Gasteiger partial charge in [0, 0.05) is 20.2 Å². The molecule has 0 radical (unpaired) electrons. The Kier molecular flexibility index (Phi) is 9.61. The molecular weight excluding hydrogens is 188 g/mol. The second-order valence-corrected chi connectivity index (χ2v) is 2.51. The number of hydrogen-bond acceptors (Lipinski definition) is 4. The van der Waals surface area contributed by atoms with Crippen LogP contribution in [0.4, 0.5) is 4.79 Å². The van der Waals surface area contributed by atoms with E-state index in [0.29, 0.717) is 32.9 Å². The number of aliphatic hydroxyl groups is 1. The van der Waals surface area contributed by atoms with E-state index in [2.05, 4.69) is 10.6 Å². The first-order valence-electron chi connectivity index (χ1n) is 4.50. The van der Waals surface area contributed by atoms with Gasteiger partial charge in [0.2, 0.25) is 0 Å². The molecule has 0 rings (SSSR count). The summed E-state index contributed by atoms with van der Waals surface area (Å²) >= 11 is 0. The van der Waals surface area contributed by atoms with E-state index in [1.165, 1.54) is 0 Å². The van der Waals surface area contributed by atoms with Crippen molar-refractivity contribution >= 4 is 6.03 Å². The van der Waals surface area contributed by atoms with Crippen molar-refractivity contribution in [3.63, 3.8) is 0 Å². The fraction of sp³-hybridized carbons (Fsp3) is 0.875. The minimum atomic E-state index is -0.241. The van der Waals surface area contributed by atoms with Crippen molar-refractivity contribution in [1.82, 2.24) is 10.6 Å². The van der Waals surface area contributed by atoms with Gasteiger partial charge in [0.05, 0.1) is 26.4 Å². The average Bonchev–Trinajstić information content (AvgIpc) is 2.18. The van der Waals surface area contributed by atoms with Gasteiger partial charge in [-0.3, -0.25) is 0 Å². The number of carbonyl (C=O) groups is 1. The van der Waals surface area contributed by atoms with E-state index < -0.39 is 0 Å². The molecule has 2 amide bonds. The van der Waals surface area contributed by atoms with Gasteiger partial charge in [-0.1, -0.05) is 0 Å². The molecule has 3 N–H and O–H groups in total. The third-order valence-electron chi connectivity index (χ3n) is 1.36. The molecule has 0 unspecified atom stereocenters. The van der Waals surface area contributed by atoms with E-state index in [-0.39, 0.29) is 12.6 Å². The van der Waals surface area contributed by atoms with Crippen LogP contribution in [0, 0.1) is 0 Å². The number of hydrogen-bond donors (Lipinski definition) is 3. The minimum Gasteiger partial charge on any atom is -0.394 e. The molecule has 0 saturated heterocycles. The highest BCUT2D eigenvalue weighted by atomic mass is 16.5. The van der Waals surface area contributed by atoms with E-state index in [9.17, 15) is 4.79 Å². The van der Waals surface area contributed by atoms with Crippen LogP contribution in [0.5, 0.6) is 0 Å². The van der Waals surface area contributed by atoms with Gasteiger partial charge in [-0.15, -0.1) is 0 Å². The molecule has 14 heavy (non-hydrogen) atoms. The van der Waals surface area contributed by atoms with Crippen molar-refractivity contribution in [2.75, 3.05) is 46.6 Å². The maximum absolute atomic E-state index is 11.0. The minimum absolute atomic E-state index is 0.0000350. The van der Waals surface area contributed by atoms with E-state index in [1.54, 1.807) is 7.11 Å². The highest BCUT2D eigenvalue weighted by Crippen LogP contribution is 1.72. The molecule has 6 nitrogen and oxygen atoms in total. The number of nitrogens with one attached hydrogen (secondary N) is 2. The molecule has 0 aromatic carbocycles. The number of carbonyl (C=O) groups excluding carboxylic acids is 1. The van der Waals surface area contributed by atoms with Crippen molar-refractivity contribution < 1.29 is 19.4 Å². The number of urea groups is 1. The van der Waals surface area contributed by atoms with Gasteiger partial charge in [-0.25, -0.2) is 4.79 Å². The maximum Gasteiger partial charge on any atom is 0.314 e. The molecule has 0 aromatic heterocycles. The summed E-state index contributed by atoms with van der Waals surface area (Å²) in [4.78, 5) is 11.0. The smallest absolute Gasteiger partial charge is 0.314 e. The standard InChI is InChI=1S/C8H18N2O4/c1-13-5-2-9-8(12)10-3-6-14-7-4-11/h11H,2-7H2,1H3,(H2,9,10,12). The predicted octanol–water partition coefficient (Wildman–Crippen LogP) is -1.06. The predicted molar refractivity (Wildman–Crippen MR) is 51.2 cm³/mol. The molecule has 0 aliphatic rings. The molecule has 6 heteroatoms. The van der Waals surface area contributed by atoms with Gasteiger partial charge in [0.15, 0.2) is 0 Å². The summed E-state index contributed by atoms with van der Waals surface area (Å²) < 4.78 is 9.70. The van der Waals surface area contributed by atoms with Gasteiger partial charge in [-0.2, -0.15) is 0 Å². The first kappa shape index (κ1) is 13.2. The number of aliphatic hydroxyl groups excluding tert-OH is 1. The van der Waals surface area contributed by atoms with E-state index in [0.717, 1.165) is 0 Å². The average molecular weight is 206 g/mol. The zero-order chi connectivity index (χ0) is 10.6. The van der Waals surface area contributed by atoms with Crippen molar-refractivity contribution in [2.45, 2.75) is 0 Å². The number of methoxy groups -OCH3 is 1. The van der Waals surface area contributed by atoms with Crippen LogP contribution in [0.1, 0.15) is 0 Å². The summed E-state index contributed by atoms with van der Waals surface area (Å²) in [6, 6.07) is -0.241. The number of amides is 2. The lowest BCUT2D eigenvalue weighted by Gasteiger charge is -2.06. The van der Waals surface area contributed by atoms with Gasteiger partial charge < -0.3 is 25.2 Å². The SMILES string of the molecule is COCCNC(=O)NCCOCCO. The second kappa shape index (κ2) is 10.2. The summed E-state index contributed by atoms with van der Waals surface area (Å²) in [5.74, 6) is 0. The molecular formula is C8H18N2O4. The van der Waals surface area contributed by atoms with Crippen molar-refractivity contribution in [2.24, 2.45) is 0 Å². The summed E-state index contributed by atoms with van der Waals surface area (Å²) in [6.45, 7) is 2.11. The van der Waals surface area contributed by atoms with E-state index in [1.807, 2.05) is 0 Å². The van der Waals surface area contributed by atoms with Gasteiger partial charge in [0.25, 0.3) is 0 Å². The topological polar surface area (TPSA) is 79.8 Å². The quantitative estimate of drug-likeness (QED) is 0.442. The maximum atomic E-state index is 11.0.